The van der Waals surface area contributed by atoms with Crippen molar-refractivity contribution in [2.45, 2.75) is 11.6 Å². The molecule has 0 aliphatic heterocycles. The van der Waals surface area contributed by atoms with Crippen LogP contribution in [0.5, 0.6) is 0 Å². The first-order valence-corrected chi connectivity index (χ1v) is 8.85. The highest BCUT2D eigenvalue weighted by atomic mass is 79.9. The highest BCUT2D eigenvalue weighted by molar-refractivity contribution is 9.10. The zero-order valence-corrected chi connectivity index (χ0v) is 14.6. The second-order valence-electron chi connectivity index (χ2n) is 4.95. The van der Waals surface area contributed by atoms with Gasteiger partial charge >= 0.3 is 0 Å². The van der Waals surface area contributed by atoms with Crippen molar-refractivity contribution < 1.29 is 4.79 Å². The second kappa shape index (κ2) is 7.57. The van der Waals surface area contributed by atoms with Gasteiger partial charge in [-0.1, -0.05) is 70.2 Å². The van der Waals surface area contributed by atoms with Gasteiger partial charge in [-0.3, -0.25) is 9.89 Å². The van der Waals surface area contributed by atoms with Gasteiger partial charge in [0.15, 0.2) is 5.78 Å². The Kier molecular flexibility index (Phi) is 5.25. The molecule has 23 heavy (non-hydrogen) atoms. The third-order valence-corrected chi connectivity index (χ3v) is 4.60. The number of hydrogen-bond donors (Lipinski definition) is 1. The van der Waals surface area contributed by atoms with E-state index in [4.69, 9.17) is 0 Å². The van der Waals surface area contributed by atoms with E-state index in [9.17, 15) is 4.79 Å². The van der Waals surface area contributed by atoms with Crippen molar-refractivity contribution in [3.05, 3.63) is 76.0 Å². The van der Waals surface area contributed by atoms with Crippen molar-refractivity contribution in [1.82, 2.24) is 15.2 Å². The second-order valence-corrected chi connectivity index (χ2v) is 6.80. The van der Waals surface area contributed by atoms with Crippen LogP contribution in [0.15, 0.2) is 64.2 Å². The van der Waals surface area contributed by atoms with Crippen LogP contribution in [0.4, 0.5) is 0 Å². The number of aromatic nitrogens is 3. The van der Waals surface area contributed by atoms with Gasteiger partial charge in [0.2, 0.25) is 5.16 Å². The molecule has 1 N–H and O–H groups in total. The summed E-state index contributed by atoms with van der Waals surface area (Å²) in [5, 5.41) is 7.68. The molecule has 6 heteroatoms. The van der Waals surface area contributed by atoms with Crippen molar-refractivity contribution in [1.29, 1.82) is 0 Å². The number of aromatic amines is 1. The summed E-state index contributed by atoms with van der Waals surface area (Å²) in [6.45, 7) is 0. The predicted molar refractivity (Wildman–Crippen MR) is 94.8 cm³/mol. The van der Waals surface area contributed by atoms with Gasteiger partial charge in [0, 0.05) is 16.5 Å². The number of halogens is 1. The minimum Gasteiger partial charge on any atom is -0.293 e. The topological polar surface area (TPSA) is 58.6 Å². The molecule has 0 aliphatic carbocycles. The molecule has 2 aromatic carbocycles. The molecule has 0 aliphatic rings. The summed E-state index contributed by atoms with van der Waals surface area (Å²) in [7, 11) is 0. The Morgan fingerprint density at radius 1 is 1.09 bits per heavy atom. The Balaban J connectivity index is 1.57. The number of H-pyrrole nitrogens is 1. The van der Waals surface area contributed by atoms with Gasteiger partial charge in [-0.15, -0.1) is 5.10 Å². The fourth-order valence-electron chi connectivity index (χ4n) is 2.06. The van der Waals surface area contributed by atoms with Crippen LogP contribution in [0.1, 0.15) is 21.7 Å². The smallest absolute Gasteiger partial charge is 0.208 e. The maximum absolute atomic E-state index is 12.1. The van der Waals surface area contributed by atoms with Gasteiger partial charge in [-0.05, 0) is 17.7 Å². The quantitative estimate of drug-likeness (QED) is 0.510. The summed E-state index contributed by atoms with van der Waals surface area (Å²) in [5.74, 6) is 1.19. The van der Waals surface area contributed by atoms with Crippen molar-refractivity contribution in [3.63, 3.8) is 0 Å². The fourth-order valence-corrected chi connectivity index (χ4v) is 3.04. The van der Waals surface area contributed by atoms with E-state index in [1.807, 2.05) is 54.6 Å². The number of thioether (sulfide) groups is 1. The fraction of sp³-hybridized carbons (Fsp3) is 0.118. The number of nitrogens with zero attached hydrogens (tertiary/aromatic N) is 2. The first kappa shape index (κ1) is 16.0. The van der Waals surface area contributed by atoms with Crippen LogP contribution in [-0.2, 0) is 6.42 Å². The maximum Gasteiger partial charge on any atom is 0.208 e. The van der Waals surface area contributed by atoms with Gasteiger partial charge in [0.25, 0.3) is 0 Å². The standard InChI is InChI=1S/C17H14BrN3OS/c18-14-8-6-13(7-9-14)15(22)11-23-17-19-16(20-21-17)10-12-4-2-1-3-5-12/h1-9H,10-11H2,(H,19,20,21). The molecule has 0 radical (unpaired) electrons. The molecule has 0 amide bonds. The van der Waals surface area contributed by atoms with Crippen molar-refractivity contribution in [2.75, 3.05) is 5.75 Å². The van der Waals surface area contributed by atoms with Gasteiger partial charge in [-0.2, -0.15) is 0 Å². The monoisotopic (exact) mass is 387 g/mol. The number of carbonyl (C=O) groups is 1. The number of carbonyl (C=O) groups excluding carboxylic acids is 1. The SMILES string of the molecule is O=C(CSc1n[nH]c(Cc2ccccc2)n1)c1ccc(Br)cc1. The lowest BCUT2D eigenvalue weighted by molar-refractivity contribution is 0.102. The number of benzene rings is 2. The van der Waals surface area contributed by atoms with Crippen LogP contribution in [0.3, 0.4) is 0 Å². The Morgan fingerprint density at radius 2 is 1.83 bits per heavy atom. The molecule has 0 atom stereocenters. The molecule has 0 unspecified atom stereocenters. The molecule has 3 rings (SSSR count). The van der Waals surface area contributed by atoms with E-state index in [-0.39, 0.29) is 5.78 Å². The largest absolute Gasteiger partial charge is 0.293 e. The third kappa shape index (κ3) is 4.53. The van der Waals surface area contributed by atoms with Crippen molar-refractivity contribution >= 4 is 33.5 Å². The maximum atomic E-state index is 12.1. The molecule has 1 aromatic heterocycles. The van der Waals surface area contributed by atoms with Gasteiger partial charge in [0.1, 0.15) is 5.82 Å². The normalized spacial score (nSPS) is 10.7. The van der Waals surface area contributed by atoms with Crippen LogP contribution < -0.4 is 0 Å². The van der Waals surface area contributed by atoms with Crippen LogP contribution in [-0.4, -0.2) is 26.7 Å². The summed E-state index contributed by atoms with van der Waals surface area (Å²) in [6.07, 6.45) is 0.703. The molecule has 0 spiro atoms. The average Bonchev–Trinajstić information content (AvgIpc) is 3.02. The molecular weight excluding hydrogens is 374 g/mol. The van der Waals surface area contributed by atoms with E-state index in [1.54, 1.807) is 0 Å². The Hall–Kier alpha value is -1.92. The summed E-state index contributed by atoms with van der Waals surface area (Å²) in [4.78, 5) is 16.5. The number of nitrogens with one attached hydrogen (secondary N) is 1. The molecule has 0 saturated heterocycles. The minimum absolute atomic E-state index is 0.0666. The number of rotatable bonds is 6. The zero-order chi connectivity index (χ0) is 16.1. The lowest BCUT2D eigenvalue weighted by Gasteiger charge is -1.99. The predicted octanol–water partition coefficient (Wildman–Crippen LogP) is 4.13. The minimum atomic E-state index is 0.0666. The lowest BCUT2D eigenvalue weighted by atomic mass is 10.1. The number of ketones is 1. The van der Waals surface area contributed by atoms with Crippen LogP contribution in [0.2, 0.25) is 0 Å². The molecule has 116 valence electrons. The molecule has 4 nitrogen and oxygen atoms in total. The highest BCUT2D eigenvalue weighted by Gasteiger charge is 2.10. The van der Waals surface area contributed by atoms with Crippen LogP contribution >= 0.6 is 27.7 Å². The third-order valence-electron chi connectivity index (χ3n) is 3.22. The molecular formula is C17H14BrN3OS. The van der Waals surface area contributed by atoms with Crippen LogP contribution in [0, 0.1) is 0 Å². The summed E-state index contributed by atoms with van der Waals surface area (Å²) >= 11 is 4.70. The summed E-state index contributed by atoms with van der Waals surface area (Å²) < 4.78 is 0.959. The summed E-state index contributed by atoms with van der Waals surface area (Å²) in [6, 6.07) is 17.4. The first-order valence-electron chi connectivity index (χ1n) is 7.07. The highest BCUT2D eigenvalue weighted by Crippen LogP contribution is 2.17. The molecule has 0 bridgehead atoms. The van der Waals surface area contributed by atoms with E-state index in [0.717, 1.165) is 10.3 Å². The van der Waals surface area contributed by atoms with E-state index in [0.29, 0.717) is 22.9 Å². The van der Waals surface area contributed by atoms with E-state index in [1.165, 1.54) is 17.3 Å². The molecule has 0 fully saturated rings. The van der Waals surface area contributed by atoms with Gasteiger partial charge in [0.05, 0.1) is 5.75 Å². The van der Waals surface area contributed by atoms with E-state index < -0.39 is 0 Å². The lowest BCUT2D eigenvalue weighted by Crippen LogP contribution is -2.02. The zero-order valence-electron chi connectivity index (χ0n) is 12.2. The van der Waals surface area contributed by atoms with E-state index >= 15 is 0 Å². The van der Waals surface area contributed by atoms with E-state index in [2.05, 4.69) is 31.1 Å². The average molecular weight is 388 g/mol. The molecule has 0 saturated carbocycles. The van der Waals surface area contributed by atoms with Crippen LogP contribution in [0.25, 0.3) is 0 Å². The number of Topliss-reactive ketones (excluding diaryl/α,β-unsaturated/α-hetero) is 1. The summed E-state index contributed by atoms with van der Waals surface area (Å²) in [5.41, 5.74) is 1.87. The number of hydrogen-bond acceptors (Lipinski definition) is 4. The van der Waals surface area contributed by atoms with Gasteiger partial charge in [-0.25, -0.2) is 4.98 Å². The van der Waals surface area contributed by atoms with Crippen molar-refractivity contribution in [2.24, 2.45) is 0 Å². The molecule has 1 heterocycles. The first-order chi connectivity index (χ1) is 11.2. The molecule has 3 aromatic rings. The Bertz CT molecular complexity index is 787. The van der Waals surface area contributed by atoms with Gasteiger partial charge < -0.3 is 0 Å². The Morgan fingerprint density at radius 3 is 2.57 bits per heavy atom. The van der Waals surface area contributed by atoms with Crippen molar-refractivity contribution in [3.8, 4) is 0 Å². The Labute approximate surface area is 146 Å².